The lowest BCUT2D eigenvalue weighted by Gasteiger charge is -2.12. The number of alkyl halides is 3. The van der Waals surface area contributed by atoms with Gasteiger partial charge in [0.1, 0.15) is 11.6 Å². The van der Waals surface area contributed by atoms with Crippen LogP contribution in [-0.2, 0) is 12.7 Å². The van der Waals surface area contributed by atoms with Crippen LogP contribution in [0.5, 0.6) is 0 Å². The zero-order valence-electron chi connectivity index (χ0n) is 13.7. The lowest BCUT2D eigenvalue weighted by atomic mass is 10.2. The molecule has 140 valence electrons. The lowest BCUT2D eigenvalue weighted by Crippen LogP contribution is -2.07. The molecule has 0 amide bonds. The molecule has 9 heteroatoms. The Labute approximate surface area is 157 Å². The Hall–Kier alpha value is -2.87. The molecule has 0 aliphatic carbocycles. The van der Waals surface area contributed by atoms with Crippen LogP contribution in [0, 0.1) is 5.82 Å². The Bertz CT molecular complexity index is 947. The van der Waals surface area contributed by atoms with E-state index in [1.165, 1.54) is 12.3 Å². The minimum atomic E-state index is -4.50. The maximum Gasteiger partial charge on any atom is 0.416 e. The average Bonchev–Trinajstić information content (AvgIpc) is 2.62. The number of halogens is 5. The van der Waals surface area contributed by atoms with E-state index in [9.17, 15) is 17.6 Å². The molecule has 2 N–H and O–H groups in total. The summed E-state index contributed by atoms with van der Waals surface area (Å²) >= 11 is 5.95. The second-order valence-corrected chi connectivity index (χ2v) is 5.94. The van der Waals surface area contributed by atoms with E-state index in [4.69, 9.17) is 11.6 Å². The van der Waals surface area contributed by atoms with Gasteiger partial charge in [-0.1, -0.05) is 29.8 Å². The molecule has 0 atom stereocenters. The van der Waals surface area contributed by atoms with Gasteiger partial charge in [0, 0.05) is 18.3 Å². The van der Waals surface area contributed by atoms with Gasteiger partial charge in [-0.3, -0.25) is 0 Å². The van der Waals surface area contributed by atoms with Crippen LogP contribution in [0.2, 0.25) is 5.02 Å². The number of anilines is 3. The van der Waals surface area contributed by atoms with Crippen molar-refractivity contribution in [2.45, 2.75) is 12.7 Å². The topological polar surface area (TPSA) is 49.8 Å². The number of benzene rings is 2. The molecule has 0 bridgehead atoms. The molecule has 0 aliphatic rings. The Morgan fingerprint density at radius 1 is 1.04 bits per heavy atom. The summed E-state index contributed by atoms with van der Waals surface area (Å²) in [5.74, 6) is 0.0711. The molecular weight excluding hydrogens is 384 g/mol. The quantitative estimate of drug-likeness (QED) is 0.548. The number of hydrogen-bond donors (Lipinski definition) is 2. The Morgan fingerprint density at radius 2 is 1.81 bits per heavy atom. The first kappa shape index (κ1) is 18.9. The molecule has 0 aliphatic heterocycles. The molecule has 0 fully saturated rings. The molecule has 0 saturated heterocycles. The summed E-state index contributed by atoms with van der Waals surface area (Å²) in [6.07, 6.45) is -3.08. The number of aromatic nitrogens is 2. The molecular formula is C18H13ClF4N4. The third-order valence-electron chi connectivity index (χ3n) is 3.61. The number of nitrogens with zero attached hydrogens (tertiary/aromatic N) is 2. The third kappa shape index (κ3) is 4.85. The highest BCUT2D eigenvalue weighted by Crippen LogP contribution is 2.34. The van der Waals surface area contributed by atoms with E-state index in [1.54, 1.807) is 24.3 Å². The van der Waals surface area contributed by atoms with Gasteiger partial charge in [-0.05, 0) is 30.3 Å². The van der Waals surface area contributed by atoms with Crippen molar-refractivity contribution in [2.75, 3.05) is 10.6 Å². The van der Waals surface area contributed by atoms with E-state index >= 15 is 0 Å². The Morgan fingerprint density at radius 3 is 2.56 bits per heavy atom. The molecule has 0 spiro atoms. The lowest BCUT2D eigenvalue weighted by molar-refractivity contribution is -0.137. The second kappa shape index (κ2) is 7.79. The van der Waals surface area contributed by atoms with Crippen molar-refractivity contribution in [2.24, 2.45) is 0 Å². The van der Waals surface area contributed by atoms with Crippen molar-refractivity contribution < 1.29 is 17.6 Å². The van der Waals surface area contributed by atoms with Crippen molar-refractivity contribution in [3.05, 3.63) is 76.7 Å². The van der Waals surface area contributed by atoms with Gasteiger partial charge in [0.2, 0.25) is 5.95 Å². The SMILES string of the molecule is Fc1ccccc1CNc1ccnc(Nc2cc(C(F)(F)F)ccc2Cl)n1. The van der Waals surface area contributed by atoms with Crippen molar-refractivity contribution >= 4 is 29.1 Å². The normalized spacial score (nSPS) is 11.3. The van der Waals surface area contributed by atoms with E-state index in [0.717, 1.165) is 18.2 Å². The zero-order valence-corrected chi connectivity index (χ0v) is 14.4. The van der Waals surface area contributed by atoms with Gasteiger partial charge < -0.3 is 10.6 Å². The van der Waals surface area contributed by atoms with Crippen LogP contribution >= 0.6 is 11.6 Å². The summed E-state index contributed by atoms with van der Waals surface area (Å²) in [6.45, 7) is 0.188. The van der Waals surface area contributed by atoms with Gasteiger partial charge in [-0.2, -0.15) is 18.2 Å². The largest absolute Gasteiger partial charge is 0.416 e. The van der Waals surface area contributed by atoms with Crippen molar-refractivity contribution in [1.82, 2.24) is 9.97 Å². The van der Waals surface area contributed by atoms with Crippen molar-refractivity contribution in [3.63, 3.8) is 0 Å². The Kier molecular flexibility index (Phi) is 5.46. The van der Waals surface area contributed by atoms with E-state index < -0.39 is 11.7 Å². The van der Waals surface area contributed by atoms with Crippen LogP contribution < -0.4 is 10.6 Å². The number of nitrogens with one attached hydrogen (secondary N) is 2. The summed E-state index contributed by atoms with van der Waals surface area (Å²) in [6, 6.07) is 10.7. The summed E-state index contributed by atoms with van der Waals surface area (Å²) < 4.78 is 52.2. The smallest absolute Gasteiger partial charge is 0.366 e. The first-order valence-electron chi connectivity index (χ1n) is 7.77. The molecule has 0 saturated carbocycles. The van der Waals surface area contributed by atoms with Crippen molar-refractivity contribution in [3.8, 4) is 0 Å². The van der Waals surface area contributed by atoms with Crippen LogP contribution in [0.3, 0.4) is 0 Å². The van der Waals surface area contributed by atoms with E-state index in [0.29, 0.717) is 11.4 Å². The molecule has 2 aromatic carbocycles. The zero-order chi connectivity index (χ0) is 19.4. The predicted molar refractivity (Wildman–Crippen MR) is 95.5 cm³/mol. The number of hydrogen-bond acceptors (Lipinski definition) is 4. The van der Waals surface area contributed by atoms with E-state index in [2.05, 4.69) is 20.6 Å². The molecule has 3 aromatic rings. The fraction of sp³-hybridized carbons (Fsp3) is 0.111. The summed E-state index contributed by atoms with van der Waals surface area (Å²) in [5.41, 5.74) is -0.368. The molecule has 1 aromatic heterocycles. The van der Waals surface area contributed by atoms with Crippen molar-refractivity contribution in [1.29, 1.82) is 0 Å². The maximum absolute atomic E-state index is 13.6. The second-order valence-electron chi connectivity index (χ2n) is 5.53. The first-order valence-corrected chi connectivity index (χ1v) is 8.15. The standard InChI is InChI=1S/C18H13ClF4N4/c19-13-6-5-12(18(21,22)23)9-15(13)26-17-24-8-7-16(27-17)25-10-11-3-1-2-4-14(11)20/h1-9H,10H2,(H2,24,25,26,27). The van der Waals surface area contributed by atoms with Gasteiger partial charge in [0.25, 0.3) is 0 Å². The summed E-state index contributed by atoms with van der Waals surface area (Å²) in [4.78, 5) is 8.11. The van der Waals surface area contributed by atoms with Crippen LogP contribution in [0.4, 0.5) is 35.0 Å². The van der Waals surface area contributed by atoms with Crippen LogP contribution in [0.1, 0.15) is 11.1 Å². The minimum Gasteiger partial charge on any atom is -0.366 e. The van der Waals surface area contributed by atoms with Crippen LogP contribution in [0.25, 0.3) is 0 Å². The molecule has 27 heavy (non-hydrogen) atoms. The fourth-order valence-electron chi connectivity index (χ4n) is 2.26. The molecule has 1 heterocycles. The highest BCUT2D eigenvalue weighted by molar-refractivity contribution is 6.33. The first-order chi connectivity index (χ1) is 12.8. The van der Waals surface area contributed by atoms with Gasteiger partial charge in [-0.15, -0.1) is 0 Å². The number of rotatable bonds is 5. The molecule has 3 rings (SSSR count). The van der Waals surface area contributed by atoms with Gasteiger partial charge in [0.15, 0.2) is 0 Å². The summed E-state index contributed by atoms with van der Waals surface area (Å²) in [5, 5.41) is 5.69. The van der Waals surface area contributed by atoms with Crippen LogP contribution in [-0.4, -0.2) is 9.97 Å². The molecule has 4 nitrogen and oxygen atoms in total. The van der Waals surface area contributed by atoms with Gasteiger partial charge in [0.05, 0.1) is 16.3 Å². The van der Waals surface area contributed by atoms with E-state index in [1.807, 2.05) is 0 Å². The Balaban J connectivity index is 1.75. The van der Waals surface area contributed by atoms with E-state index in [-0.39, 0.29) is 29.0 Å². The predicted octanol–water partition coefficient (Wildman–Crippen LogP) is 5.64. The minimum absolute atomic E-state index is 0.0257. The van der Waals surface area contributed by atoms with Crippen LogP contribution in [0.15, 0.2) is 54.7 Å². The maximum atomic E-state index is 13.6. The highest BCUT2D eigenvalue weighted by atomic mass is 35.5. The third-order valence-corrected chi connectivity index (χ3v) is 3.94. The summed E-state index contributed by atoms with van der Waals surface area (Å²) in [7, 11) is 0. The van der Waals surface area contributed by atoms with Gasteiger partial charge in [-0.25, -0.2) is 9.37 Å². The average molecular weight is 397 g/mol. The van der Waals surface area contributed by atoms with Gasteiger partial charge >= 0.3 is 6.18 Å². The monoisotopic (exact) mass is 396 g/mol. The highest BCUT2D eigenvalue weighted by Gasteiger charge is 2.31. The fourth-order valence-corrected chi connectivity index (χ4v) is 2.43. The molecule has 0 radical (unpaired) electrons. The molecule has 0 unspecified atom stereocenters.